The molecule has 1 aliphatic rings. The van der Waals surface area contributed by atoms with Crippen LogP contribution in [0.15, 0.2) is 48.5 Å². The van der Waals surface area contributed by atoms with Crippen LogP contribution in [0, 0.1) is 0 Å². The maximum absolute atomic E-state index is 12.3. The number of benzene rings is 2. The number of ether oxygens (including phenoxy) is 1. The van der Waals surface area contributed by atoms with Crippen LogP contribution in [0.5, 0.6) is 5.75 Å². The summed E-state index contributed by atoms with van der Waals surface area (Å²) in [5.41, 5.74) is 2.08. The maximum Gasteiger partial charge on any atom is 0.261 e. The molecule has 0 aromatic heterocycles. The van der Waals surface area contributed by atoms with Gasteiger partial charge in [-0.05, 0) is 56.0 Å². The molecule has 29 heavy (non-hydrogen) atoms. The van der Waals surface area contributed by atoms with Crippen LogP contribution in [0.1, 0.15) is 52.5 Å². The number of aryl methyl sites for hydroxylation is 1. The smallest absolute Gasteiger partial charge is 0.261 e. The van der Waals surface area contributed by atoms with E-state index in [1.807, 2.05) is 31.2 Å². The normalized spacial score (nSPS) is 12.8. The van der Waals surface area contributed by atoms with Crippen molar-refractivity contribution in [3.05, 3.63) is 65.2 Å². The predicted molar refractivity (Wildman–Crippen MR) is 110 cm³/mol. The summed E-state index contributed by atoms with van der Waals surface area (Å²) in [6.45, 7) is 3.46. The number of fused-ring (bicyclic) bond motifs is 1. The van der Waals surface area contributed by atoms with Crippen molar-refractivity contribution in [2.24, 2.45) is 0 Å². The molecule has 0 saturated carbocycles. The van der Waals surface area contributed by atoms with Gasteiger partial charge in [-0.1, -0.05) is 24.3 Å². The Labute approximate surface area is 170 Å². The van der Waals surface area contributed by atoms with Crippen molar-refractivity contribution in [2.75, 3.05) is 19.7 Å². The minimum absolute atomic E-state index is 0.0618. The molecule has 0 bridgehead atoms. The van der Waals surface area contributed by atoms with Crippen molar-refractivity contribution in [1.82, 2.24) is 10.2 Å². The predicted octanol–water partition coefficient (Wildman–Crippen LogP) is 3.21. The number of amides is 3. The van der Waals surface area contributed by atoms with Gasteiger partial charge in [-0.3, -0.25) is 19.3 Å². The van der Waals surface area contributed by atoms with Gasteiger partial charge in [0.15, 0.2) is 0 Å². The molecule has 2 aromatic rings. The highest BCUT2D eigenvalue weighted by molar-refractivity contribution is 6.21. The van der Waals surface area contributed by atoms with Crippen LogP contribution >= 0.6 is 0 Å². The molecular formula is C23H26N2O4. The van der Waals surface area contributed by atoms with E-state index < -0.39 is 0 Å². The highest BCUT2D eigenvalue weighted by Gasteiger charge is 2.34. The molecule has 0 spiro atoms. The summed E-state index contributed by atoms with van der Waals surface area (Å²) in [4.78, 5) is 37.8. The molecule has 1 N–H and O–H groups in total. The average Bonchev–Trinajstić information content (AvgIpc) is 2.98. The van der Waals surface area contributed by atoms with Crippen LogP contribution in [0.4, 0.5) is 0 Å². The number of carbonyl (C=O) groups excluding carboxylic acids is 3. The van der Waals surface area contributed by atoms with Crippen LogP contribution in [-0.4, -0.2) is 42.3 Å². The third-order valence-electron chi connectivity index (χ3n) is 4.86. The van der Waals surface area contributed by atoms with E-state index in [-0.39, 0.29) is 30.7 Å². The molecule has 0 radical (unpaired) electrons. The van der Waals surface area contributed by atoms with E-state index >= 15 is 0 Å². The van der Waals surface area contributed by atoms with Crippen molar-refractivity contribution in [3.8, 4) is 5.75 Å². The van der Waals surface area contributed by atoms with Crippen LogP contribution in [-0.2, 0) is 11.2 Å². The fraction of sp³-hybridized carbons (Fsp3) is 0.348. The number of nitrogens with zero attached hydrogens (tertiary/aromatic N) is 1. The highest BCUT2D eigenvalue weighted by atomic mass is 16.5. The van der Waals surface area contributed by atoms with Crippen LogP contribution in [0.25, 0.3) is 0 Å². The molecule has 0 unspecified atom stereocenters. The lowest BCUT2D eigenvalue weighted by Crippen LogP contribution is -2.32. The van der Waals surface area contributed by atoms with Crippen LogP contribution in [0.2, 0.25) is 0 Å². The van der Waals surface area contributed by atoms with Crippen molar-refractivity contribution >= 4 is 17.7 Å². The molecular weight excluding hydrogens is 368 g/mol. The van der Waals surface area contributed by atoms with Crippen molar-refractivity contribution in [2.45, 2.75) is 32.6 Å². The third-order valence-corrected chi connectivity index (χ3v) is 4.86. The molecule has 1 heterocycles. The summed E-state index contributed by atoms with van der Waals surface area (Å²) in [7, 11) is 0. The molecule has 6 nitrogen and oxygen atoms in total. The first kappa shape index (κ1) is 20.6. The lowest BCUT2D eigenvalue weighted by Gasteiger charge is -2.13. The topological polar surface area (TPSA) is 75.7 Å². The van der Waals surface area contributed by atoms with Gasteiger partial charge in [-0.2, -0.15) is 0 Å². The monoisotopic (exact) mass is 394 g/mol. The van der Waals surface area contributed by atoms with E-state index in [9.17, 15) is 14.4 Å². The van der Waals surface area contributed by atoms with Crippen LogP contribution in [0.3, 0.4) is 0 Å². The standard InChI is InChI=1S/C23H26N2O4/c1-2-29-18-13-11-17(12-14-18)7-5-15-24-21(26)10-6-16-25-22(27)19-8-3-4-9-20(19)23(25)28/h3-4,8-9,11-14H,2,5-7,10,15-16H2,1H3,(H,24,26). The summed E-state index contributed by atoms with van der Waals surface area (Å²) >= 11 is 0. The largest absolute Gasteiger partial charge is 0.494 e. The first-order valence-electron chi connectivity index (χ1n) is 10.0. The van der Waals surface area contributed by atoms with Gasteiger partial charge < -0.3 is 10.1 Å². The fourth-order valence-corrected chi connectivity index (χ4v) is 3.37. The minimum Gasteiger partial charge on any atom is -0.494 e. The number of rotatable bonds is 10. The summed E-state index contributed by atoms with van der Waals surface area (Å²) in [6.07, 6.45) is 2.46. The number of nitrogens with one attached hydrogen (secondary N) is 1. The van der Waals surface area contributed by atoms with Gasteiger partial charge in [-0.15, -0.1) is 0 Å². The van der Waals surface area contributed by atoms with Gasteiger partial charge in [-0.25, -0.2) is 0 Å². The van der Waals surface area contributed by atoms with E-state index in [1.54, 1.807) is 24.3 Å². The second-order valence-corrected chi connectivity index (χ2v) is 6.94. The molecule has 0 saturated heterocycles. The molecule has 3 amide bonds. The van der Waals surface area contributed by atoms with E-state index in [1.165, 1.54) is 10.5 Å². The van der Waals surface area contributed by atoms with E-state index in [0.717, 1.165) is 18.6 Å². The van der Waals surface area contributed by atoms with Gasteiger partial charge >= 0.3 is 0 Å². The minimum atomic E-state index is -0.277. The lowest BCUT2D eigenvalue weighted by atomic mass is 10.1. The van der Waals surface area contributed by atoms with Crippen molar-refractivity contribution in [1.29, 1.82) is 0 Å². The Hall–Kier alpha value is -3.15. The maximum atomic E-state index is 12.3. The Kier molecular flexibility index (Phi) is 7.00. The van der Waals surface area contributed by atoms with E-state index in [0.29, 0.717) is 30.7 Å². The summed E-state index contributed by atoms with van der Waals surface area (Å²) in [5, 5.41) is 2.90. The molecule has 0 fully saturated rings. The SMILES string of the molecule is CCOc1ccc(CCCNC(=O)CCCN2C(=O)c3ccccc3C2=O)cc1. The van der Waals surface area contributed by atoms with Gasteiger partial charge in [0.25, 0.3) is 11.8 Å². The molecule has 2 aromatic carbocycles. The number of imide groups is 1. The van der Waals surface area contributed by atoms with Gasteiger partial charge in [0.1, 0.15) is 5.75 Å². The van der Waals surface area contributed by atoms with Gasteiger partial charge in [0, 0.05) is 19.5 Å². The van der Waals surface area contributed by atoms with E-state index in [2.05, 4.69) is 5.32 Å². The molecule has 1 aliphatic heterocycles. The molecule has 6 heteroatoms. The molecule has 0 aliphatic carbocycles. The Morgan fingerprint density at radius 3 is 2.24 bits per heavy atom. The first-order chi connectivity index (χ1) is 14.1. The second kappa shape index (κ2) is 9.87. The Balaban J connectivity index is 1.33. The summed E-state index contributed by atoms with van der Waals surface area (Å²) in [6, 6.07) is 14.8. The zero-order valence-corrected chi connectivity index (χ0v) is 16.6. The van der Waals surface area contributed by atoms with E-state index in [4.69, 9.17) is 4.74 Å². The highest BCUT2D eigenvalue weighted by Crippen LogP contribution is 2.22. The summed E-state index contributed by atoms with van der Waals surface area (Å²) < 4.78 is 5.42. The van der Waals surface area contributed by atoms with Gasteiger partial charge in [0.05, 0.1) is 17.7 Å². The van der Waals surface area contributed by atoms with Gasteiger partial charge in [0.2, 0.25) is 5.91 Å². The Morgan fingerprint density at radius 1 is 0.966 bits per heavy atom. The third kappa shape index (κ3) is 5.22. The quantitative estimate of drug-likeness (QED) is 0.496. The fourth-order valence-electron chi connectivity index (χ4n) is 3.37. The van der Waals surface area contributed by atoms with Crippen molar-refractivity contribution in [3.63, 3.8) is 0 Å². The lowest BCUT2D eigenvalue weighted by molar-refractivity contribution is -0.121. The van der Waals surface area contributed by atoms with Crippen molar-refractivity contribution < 1.29 is 19.1 Å². The zero-order chi connectivity index (χ0) is 20.6. The number of hydrogen-bond acceptors (Lipinski definition) is 4. The molecule has 152 valence electrons. The van der Waals surface area contributed by atoms with Crippen LogP contribution < -0.4 is 10.1 Å². The Morgan fingerprint density at radius 2 is 1.62 bits per heavy atom. The first-order valence-corrected chi connectivity index (χ1v) is 10.0. The number of hydrogen-bond donors (Lipinski definition) is 1. The molecule has 0 atom stereocenters. The molecule has 3 rings (SSSR count). The number of carbonyl (C=O) groups is 3. The summed E-state index contributed by atoms with van der Waals surface area (Å²) in [5.74, 6) is 0.249. The zero-order valence-electron chi connectivity index (χ0n) is 16.6. The average molecular weight is 394 g/mol. The Bertz CT molecular complexity index is 842. The second-order valence-electron chi connectivity index (χ2n) is 6.94.